The lowest BCUT2D eigenvalue weighted by Gasteiger charge is -2.45. The van der Waals surface area contributed by atoms with E-state index in [0.717, 1.165) is 16.9 Å². The fourth-order valence-electron chi connectivity index (χ4n) is 2.52. The molecular formula is C14H16BrN3O4. The van der Waals surface area contributed by atoms with Gasteiger partial charge in [-0.25, -0.2) is 9.59 Å². The van der Waals surface area contributed by atoms with E-state index < -0.39 is 11.9 Å². The van der Waals surface area contributed by atoms with Crippen molar-refractivity contribution in [1.29, 1.82) is 0 Å². The maximum atomic E-state index is 9.55. The highest BCUT2D eigenvalue weighted by atomic mass is 79.9. The molecule has 0 unspecified atom stereocenters. The number of hydrogen-bond acceptors (Lipinski definition) is 5. The molecule has 3 rings (SSSR count). The molecule has 2 aliphatic rings. The second-order valence-corrected chi connectivity index (χ2v) is 5.92. The van der Waals surface area contributed by atoms with Gasteiger partial charge in [0, 0.05) is 54.4 Å². The molecule has 2 fully saturated rings. The Labute approximate surface area is 135 Å². The van der Waals surface area contributed by atoms with Gasteiger partial charge in [0.15, 0.2) is 0 Å². The minimum Gasteiger partial charge on any atom is -0.478 e. The topological polar surface area (TPSA) is 103 Å². The van der Waals surface area contributed by atoms with Crippen LogP contribution in [-0.4, -0.2) is 52.8 Å². The van der Waals surface area contributed by atoms with Crippen molar-refractivity contribution in [2.75, 3.05) is 24.5 Å². The van der Waals surface area contributed by atoms with Crippen molar-refractivity contribution in [3.63, 3.8) is 0 Å². The molecule has 8 heteroatoms. The molecule has 118 valence electrons. The van der Waals surface area contributed by atoms with Crippen LogP contribution in [0.3, 0.4) is 0 Å². The molecule has 2 atom stereocenters. The molecule has 3 heterocycles. The first kappa shape index (κ1) is 16.4. The fraction of sp³-hybridized carbons (Fsp3) is 0.357. The zero-order valence-corrected chi connectivity index (χ0v) is 13.2. The summed E-state index contributed by atoms with van der Waals surface area (Å²) in [5.74, 6) is -1.66. The fourth-order valence-corrected chi connectivity index (χ4v) is 2.87. The first-order chi connectivity index (χ1) is 10.5. The number of aromatic nitrogens is 1. The van der Waals surface area contributed by atoms with E-state index in [1.807, 2.05) is 12.4 Å². The molecule has 7 nitrogen and oxygen atoms in total. The van der Waals surface area contributed by atoms with Gasteiger partial charge in [-0.05, 0) is 22.0 Å². The first-order valence-corrected chi connectivity index (χ1v) is 7.48. The second kappa shape index (κ2) is 7.37. The minimum atomic E-state index is -1.26. The highest BCUT2D eigenvalue weighted by Gasteiger charge is 2.42. The molecule has 0 aliphatic carbocycles. The zero-order chi connectivity index (χ0) is 16.1. The lowest BCUT2D eigenvalue weighted by atomic mass is 9.91. The Morgan fingerprint density at radius 1 is 1.27 bits per heavy atom. The highest BCUT2D eigenvalue weighted by Crippen LogP contribution is 2.33. The number of nitrogens with one attached hydrogen (secondary N) is 1. The van der Waals surface area contributed by atoms with Gasteiger partial charge in [-0.3, -0.25) is 4.98 Å². The number of anilines is 1. The molecule has 0 saturated carbocycles. The number of carboxylic acid groups (broad SMARTS) is 2. The van der Waals surface area contributed by atoms with E-state index in [0.29, 0.717) is 18.2 Å². The molecule has 22 heavy (non-hydrogen) atoms. The van der Waals surface area contributed by atoms with Crippen LogP contribution in [0, 0.1) is 5.92 Å². The van der Waals surface area contributed by atoms with Crippen LogP contribution in [0.15, 0.2) is 35.1 Å². The normalized spacial score (nSPS) is 22.5. The van der Waals surface area contributed by atoms with Gasteiger partial charge in [0.1, 0.15) is 0 Å². The van der Waals surface area contributed by atoms with Gasteiger partial charge >= 0.3 is 11.9 Å². The molecule has 0 spiro atoms. The SMILES string of the molecule is Brc1cncc(N2C[C@H]3CNC[C@H]32)c1.O=C(O)/C=C/C(=O)O. The Bertz CT molecular complexity index is 577. The van der Waals surface area contributed by atoms with Gasteiger partial charge in [-0.1, -0.05) is 0 Å². The first-order valence-electron chi connectivity index (χ1n) is 6.69. The van der Waals surface area contributed by atoms with Crippen LogP contribution in [-0.2, 0) is 9.59 Å². The molecule has 3 N–H and O–H groups in total. The number of carbonyl (C=O) groups is 2. The smallest absolute Gasteiger partial charge is 0.328 e. The van der Waals surface area contributed by atoms with E-state index >= 15 is 0 Å². The van der Waals surface area contributed by atoms with Crippen molar-refractivity contribution in [3.8, 4) is 0 Å². The summed E-state index contributed by atoms with van der Waals surface area (Å²) in [5, 5.41) is 19.0. The molecule has 0 aromatic carbocycles. The molecule has 1 aromatic rings. The summed E-state index contributed by atoms with van der Waals surface area (Å²) >= 11 is 3.45. The number of halogens is 1. The van der Waals surface area contributed by atoms with Crippen molar-refractivity contribution in [2.45, 2.75) is 6.04 Å². The molecule has 0 amide bonds. The van der Waals surface area contributed by atoms with Gasteiger partial charge in [0.05, 0.1) is 11.9 Å². The highest BCUT2D eigenvalue weighted by molar-refractivity contribution is 9.10. The molecule has 2 aliphatic heterocycles. The summed E-state index contributed by atoms with van der Waals surface area (Å²) in [4.78, 5) is 25.7. The van der Waals surface area contributed by atoms with Gasteiger partial charge in [-0.2, -0.15) is 0 Å². The molecule has 0 radical (unpaired) electrons. The number of hydrogen-bond donors (Lipinski definition) is 3. The number of rotatable bonds is 3. The van der Waals surface area contributed by atoms with E-state index in [-0.39, 0.29) is 0 Å². The van der Waals surface area contributed by atoms with Gasteiger partial charge in [-0.15, -0.1) is 0 Å². The number of nitrogens with zero attached hydrogens (tertiary/aromatic N) is 2. The standard InChI is InChI=1S/C10H12BrN3.C4H4O4/c11-8-1-9(4-13-3-8)14-6-7-2-12-5-10(7)14;5-3(6)1-2-4(7)8/h1,3-4,7,10,12H,2,5-6H2;1-2H,(H,5,6)(H,7,8)/b;2-1+/t7-,10-;/m1./s1. The number of aliphatic carboxylic acids is 2. The average molecular weight is 370 g/mol. The summed E-state index contributed by atoms with van der Waals surface area (Å²) in [5.41, 5.74) is 1.24. The van der Waals surface area contributed by atoms with Crippen LogP contribution in [0.25, 0.3) is 0 Å². The van der Waals surface area contributed by atoms with Crippen LogP contribution >= 0.6 is 15.9 Å². The predicted molar refractivity (Wildman–Crippen MR) is 83.8 cm³/mol. The van der Waals surface area contributed by atoms with E-state index in [9.17, 15) is 9.59 Å². The average Bonchev–Trinajstić information content (AvgIpc) is 2.79. The van der Waals surface area contributed by atoms with Crippen molar-refractivity contribution < 1.29 is 19.8 Å². The Hall–Kier alpha value is -1.93. The van der Waals surface area contributed by atoms with Crippen LogP contribution in [0.4, 0.5) is 5.69 Å². The van der Waals surface area contributed by atoms with Crippen molar-refractivity contribution in [2.24, 2.45) is 5.92 Å². The maximum Gasteiger partial charge on any atom is 0.328 e. The van der Waals surface area contributed by atoms with Crippen molar-refractivity contribution in [1.82, 2.24) is 10.3 Å². The minimum absolute atomic E-state index is 0.558. The number of fused-ring (bicyclic) bond motifs is 1. The van der Waals surface area contributed by atoms with Crippen LogP contribution in [0.2, 0.25) is 0 Å². The van der Waals surface area contributed by atoms with Gasteiger partial charge in [0.2, 0.25) is 0 Å². The van der Waals surface area contributed by atoms with Crippen LogP contribution < -0.4 is 10.2 Å². The molecule has 2 saturated heterocycles. The Balaban J connectivity index is 0.000000192. The number of carboxylic acids is 2. The third kappa shape index (κ3) is 4.28. The van der Waals surface area contributed by atoms with Crippen LogP contribution in [0.1, 0.15) is 0 Å². The molecular weight excluding hydrogens is 354 g/mol. The van der Waals surface area contributed by atoms with E-state index in [2.05, 4.69) is 37.2 Å². The Morgan fingerprint density at radius 3 is 2.50 bits per heavy atom. The lowest BCUT2D eigenvalue weighted by Crippen LogP contribution is -2.55. The molecule has 1 aromatic heterocycles. The third-order valence-electron chi connectivity index (χ3n) is 3.53. The van der Waals surface area contributed by atoms with Crippen molar-refractivity contribution in [3.05, 3.63) is 35.1 Å². The Kier molecular flexibility index (Phi) is 5.51. The van der Waals surface area contributed by atoms with Gasteiger partial charge in [0.25, 0.3) is 0 Å². The molecule has 0 bridgehead atoms. The quantitative estimate of drug-likeness (QED) is 0.681. The van der Waals surface area contributed by atoms with E-state index in [1.165, 1.54) is 18.8 Å². The predicted octanol–water partition coefficient (Wildman–Crippen LogP) is 0.964. The third-order valence-corrected chi connectivity index (χ3v) is 3.96. The summed E-state index contributed by atoms with van der Waals surface area (Å²) in [6.07, 6.45) is 4.89. The summed E-state index contributed by atoms with van der Waals surface area (Å²) < 4.78 is 1.06. The summed E-state index contributed by atoms with van der Waals surface area (Å²) in [6.45, 7) is 3.48. The monoisotopic (exact) mass is 369 g/mol. The van der Waals surface area contributed by atoms with E-state index in [1.54, 1.807) is 0 Å². The van der Waals surface area contributed by atoms with Crippen molar-refractivity contribution >= 4 is 33.6 Å². The summed E-state index contributed by atoms with van der Waals surface area (Å²) in [6, 6.07) is 2.84. The maximum absolute atomic E-state index is 9.55. The largest absolute Gasteiger partial charge is 0.478 e. The lowest BCUT2D eigenvalue weighted by molar-refractivity contribution is -0.134. The van der Waals surface area contributed by atoms with E-state index in [4.69, 9.17) is 10.2 Å². The van der Waals surface area contributed by atoms with Gasteiger partial charge < -0.3 is 20.4 Å². The van der Waals surface area contributed by atoms with Crippen LogP contribution in [0.5, 0.6) is 0 Å². The zero-order valence-electron chi connectivity index (χ0n) is 11.6. The Morgan fingerprint density at radius 2 is 1.95 bits per heavy atom. The number of pyridine rings is 1. The summed E-state index contributed by atoms with van der Waals surface area (Å²) in [7, 11) is 0. The second-order valence-electron chi connectivity index (χ2n) is 5.01.